The molecule has 0 atom stereocenters. The Labute approximate surface area is 188 Å². The van der Waals surface area contributed by atoms with Gasteiger partial charge in [-0.1, -0.05) is 23.9 Å². The molecule has 0 unspecified atom stereocenters. The van der Waals surface area contributed by atoms with E-state index in [1.54, 1.807) is 7.05 Å². The molecule has 11 heteroatoms. The van der Waals surface area contributed by atoms with Crippen molar-refractivity contribution >= 4 is 40.0 Å². The topological polar surface area (TPSA) is 94.3 Å². The van der Waals surface area contributed by atoms with Crippen LogP contribution in [0.5, 0.6) is 0 Å². The van der Waals surface area contributed by atoms with E-state index in [0.29, 0.717) is 28.7 Å². The number of imidazole rings is 1. The maximum atomic E-state index is 13.0. The van der Waals surface area contributed by atoms with Gasteiger partial charge in [-0.2, -0.15) is 4.98 Å². The van der Waals surface area contributed by atoms with E-state index in [-0.39, 0.29) is 11.2 Å². The minimum absolute atomic E-state index is 0.331. The number of likely N-dealkylation sites (N-methyl/N-ethyl adjacent to an activating group) is 1. The van der Waals surface area contributed by atoms with Crippen molar-refractivity contribution in [3.05, 3.63) is 45.1 Å². The fraction of sp³-hybridized carbons (Fsp3) is 0.429. The number of piperazine rings is 1. The van der Waals surface area contributed by atoms with Gasteiger partial charge >= 0.3 is 5.69 Å². The molecule has 4 heterocycles. The number of aryl methyl sites for hydroxylation is 2. The summed E-state index contributed by atoms with van der Waals surface area (Å²) < 4.78 is 10.3. The molecule has 0 radical (unpaired) electrons. The number of thioether (sulfide) groups is 1. The van der Waals surface area contributed by atoms with Crippen molar-refractivity contribution in [3.8, 4) is 0 Å². The van der Waals surface area contributed by atoms with Gasteiger partial charge in [-0.25, -0.2) is 9.78 Å². The molecule has 0 bridgehead atoms. The lowest BCUT2D eigenvalue weighted by Gasteiger charge is -2.33. The Morgan fingerprint density at radius 2 is 1.75 bits per heavy atom. The number of hydrogen-bond donors (Lipinski definition) is 0. The SMILES string of the molecule is CN1CCN(c2nc3c(c(=O)n(C)c(=O)n3C)n2CCSc2nc3ccccc3o2)CC1. The third kappa shape index (κ3) is 3.51. The minimum atomic E-state index is -0.377. The fourth-order valence-corrected chi connectivity index (χ4v) is 4.79. The van der Waals surface area contributed by atoms with Gasteiger partial charge in [-0.15, -0.1) is 0 Å². The van der Waals surface area contributed by atoms with Crippen LogP contribution in [0, 0.1) is 0 Å². The molecule has 5 rings (SSSR count). The Kier molecular flexibility index (Phi) is 5.30. The molecule has 0 amide bonds. The number of fused-ring (bicyclic) bond motifs is 2. The van der Waals surface area contributed by atoms with Crippen molar-refractivity contribution in [1.82, 2.24) is 28.6 Å². The summed E-state index contributed by atoms with van der Waals surface area (Å²) in [6, 6.07) is 7.66. The second-order valence-electron chi connectivity index (χ2n) is 8.03. The van der Waals surface area contributed by atoms with Crippen LogP contribution in [0.4, 0.5) is 5.95 Å². The average molecular weight is 456 g/mol. The fourth-order valence-electron chi connectivity index (χ4n) is 4.03. The third-order valence-corrected chi connectivity index (χ3v) is 6.74. The summed E-state index contributed by atoms with van der Waals surface area (Å²) >= 11 is 1.50. The Morgan fingerprint density at radius 3 is 2.50 bits per heavy atom. The van der Waals surface area contributed by atoms with Crippen LogP contribution >= 0.6 is 11.8 Å². The lowest BCUT2D eigenvalue weighted by molar-refractivity contribution is 0.310. The molecule has 10 nitrogen and oxygen atoms in total. The molecule has 1 aliphatic heterocycles. The lowest BCUT2D eigenvalue weighted by atomic mass is 10.3. The first kappa shape index (κ1) is 20.8. The first-order chi connectivity index (χ1) is 15.4. The van der Waals surface area contributed by atoms with Gasteiger partial charge in [0.25, 0.3) is 10.8 Å². The number of hydrogen-bond acceptors (Lipinski definition) is 8. The van der Waals surface area contributed by atoms with Crippen molar-refractivity contribution in [3.63, 3.8) is 0 Å². The van der Waals surface area contributed by atoms with Crippen molar-refractivity contribution < 1.29 is 4.42 Å². The van der Waals surface area contributed by atoms with Crippen molar-refractivity contribution in [1.29, 1.82) is 0 Å². The highest BCUT2D eigenvalue weighted by Crippen LogP contribution is 2.26. The van der Waals surface area contributed by atoms with E-state index >= 15 is 0 Å². The number of nitrogens with zero attached hydrogens (tertiary/aromatic N) is 7. The van der Waals surface area contributed by atoms with Gasteiger partial charge in [0.2, 0.25) is 5.95 Å². The molecule has 3 aromatic heterocycles. The van der Waals surface area contributed by atoms with Crippen LogP contribution in [0.15, 0.2) is 43.5 Å². The molecule has 1 saturated heterocycles. The van der Waals surface area contributed by atoms with Crippen LogP contribution in [0.2, 0.25) is 0 Å². The van der Waals surface area contributed by atoms with Gasteiger partial charge in [0.15, 0.2) is 16.7 Å². The molecule has 4 aromatic rings. The zero-order valence-corrected chi connectivity index (χ0v) is 19.1. The van der Waals surface area contributed by atoms with E-state index in [4.69, 9.17) is 9.40 Å². The molecular formula is C21H25N7O3S. The Morgan fingerprint density at radius 1 is 1.00 bits per heavy atom. The van der Waals surface area contributed by atoms with Crippen LogP contribution in [0.1, 0.15) is 0 Å². The van der Waals surface area contributed by atoms with Gasteiger partial charge in [-0.3, -0.25) is 13.9 Å². The molecule has 0 N–H and O–H groups in total. The molecule has 32 heavy (non-hydrogen) atoms. The largest absolute Gasteiger partial charge is 0.431 e. The average Bonchev–Trinajstić information content (AvgIpc) is 3.38. The van der Waals surface area contributed by atoms with Gasteiger partial charge in [0.05, 0.1) is 0 Å². The van der Waals surface area contributed by atoms with Crippen LogP contribution in [0.3, 0.4) is 0 Å². The molecule has 0 spiro atoms. The standard InChI is InChI=1S/C21H25N7O3S/c1-24-8-10-27(11-9-24)19-23-17-16(18(29)26(3)21(30)25(17)2)28(19)12-13-32-20-22-14-6-4-5-7-15(14)31-20/h4-7H,8-13H2,1-3H3. The summed E-state index contributed by atoms with van der Waals surface area (Å²) in [6.07, 6.45) is 0. The molecule has 0 aliphatic carbocycles. The highest BCUT2D eigenvalue weighted by atomic mass is 32.2. The second-order valence-corrected chi connectivity index (χ2v) is 9.07. The maximum absolute atomic E-state index is 13.0. The predicted molar refractivity (Wildman–Crippen MR) is 125 cm³/mol. The van der Waals surface area contributed by atoms with E-state index in [0.717, 1.165) is 47.8 Å². The highest BCUT2D eigenvalue weighted by Gasteiger charge is 2.24. The minimum Gasteiger partial charge on any atom is -0.431 e. The van der Waals surface area contributed by atoms with E-state index in [2.05, 4.69) is 21.8 Å². The van der Waals surface area contributed by atoms with E-state index < -0.39 is 0 Å². The number of anilines is 1. The third-order valence-electron chi connectivity index (χ3n) is 5.93. The van der Waals surface area contributed by atoms with Gasteiger partial charge < -0.3 is 18.8 Å². The molecule has 1 fully saturated rings. The zero-order chi connectivity index (χ0) is 22.4. The monoisotopic (exact) mass is 455 g/mol. The number of para-hydroxylation sites is 2. The summed E-state index contributed by atoms with van der Waals surface area (Å²) in [4.78, 5) is 39.2. The molecule has 0 saturated carbocycles. The number of aromatic nitrogens is 5. The lowest BCUT2D eigenvalue weighted by Crippen LogP contribution is -2.45. The summed E-state index contributed by atoms with van der Waals surface area (Å²) in [5, 5.41) is 0.595. The van der Waals surface area contributed by atoms with Crippen LogP contribution < -0.4 is 16.1 Å². The normalized spacial score (nSPS) is 15.3. The Balaban J connectivity index is 1.51. The number of rotatable bonds is 5. The van der Waals surface area contributed by atoms with Crippen LogP contribution in [0.25, 0.3) is 22.3 Å². The van der Waals surface area contributed by atoms with Crippen molar-refractivity contribution in [2.75, 3.05) is 43.9 Å². The van der Waals surface area contributed by atoms with E-state index in [1.807, 2.05) is 28.8 Å². The number of benzene rings is 1. The highest BCUT2D eigenvalue weighted by molar-refractivity contribution is 7.99. The molecular weight excluding hydrogens is 430 g/mol. The molecule has 168 valence electrons. The Hall–Kier alpha value is -3.05. The molecule has 1 aliphatic rings. The zero-order valence-electron chi connectivity index (χ0n) is 18.3. The van der Waals surface area contributed by atoms with Gasteiger partial charge in [-0.05, 0) is 19.2 Å². The summed E-state index contributed by atoms with van der Waals surface area (Å²) in [5.74, 6) is 1.37. The first-order valence-electron chi connectivity index (χ1n) is 10.5. The van der Waals surface area contributed by atoms with E-state index in [9.17, 15) is 9.59 Å². The quantitative estimate of drug-likeness (QED) is 0.413. The number of oxazole rings is 1. The van der Waals surface area contributed by atoms with Crippen molar-refractivity contribution in [2.24, 2.45) is 14.1 Å². The summed E-state index contributed by atoms with van der Waals surface area (Å²) in [6.45, 7) is 3.99. The summed E-state index contributed by atoms with van der Waals surface area (Å²) in [7, 11) is 5.25. The Bertz CT molecular complexity index is 1380. The van der Waals surface area contributed by atoms with Gasteiger partial charge in [0.1, 0.15) is 5.52 Å². The second kappa shape index (κ2) is 8.14. The van der Waals surface area contributed by atoms with Crippen LogP contribution in [-0.4, -0.2) is 67.5 Å². The van der Waals surface area contributed by atoms with E-state index in [1.165, 1.54) is 23.4 Å². The summed E-state index contributed by atoms with van der Waals surface area (Å²) in [5.41, 5.74) is 1.73. The maximum Gasteiger partial charge on any atom is 0.332 e. The van der Waals surface area contributed by atoms with Crippen LogP contribution in [-0.2, 0) is 20.6 Å². The first-order valence-corrected chi connectivity index (χ1v) is 11.5. The predicted octanol–water partition coefficient (Wildman–Crippen LogP) is 1.12. The van der Waals surface area contributed by atoms with Gasteiger partial charge in [0, 0.05) is 52.6 Å². The smallest absolute Gasteiger partial charge is 0.332 e. The van der Waals surface area contributed by atoms with Crippen molar-refractivity contribution in [2.45, 2.75) is 11.8 Å². The molecule has 1 aromatic carbocycles.